The maximum Gasteiger partial charge on any atom is 0.254 e. The molecule has 6 rings (SSSR count). The number of fused-ring (bicyclic) bond motifs is 4. The summed E-state index contributed by atoms with van der Waals surface area (Å²) < 4.78 is 10.6. The van der Waals surface area contributed by atoms with Crippen LogP contribution >= 0.6 is 39.1 Å². The van der Waals surface area contributed by atoms with Gasteiger partial charge in [0.1, 0.15) is 0 Å². The molecule has 2 saturated heterocycles. The Balaban J connectivity index is 1.45. The van der Waals surface area contributed by atoms with Crippen LogP contribution in [0.1, 0.15) is 50.5 Å². The first-order chi connectivity index (χ1) is 20.5. The van der Waals surface area contributed by atoms with Crippen molar-refractivity contribution in [3.8, 4) is 17.2 Å². The molecule has 4 fully saturated rings. The van der Waals surface area contributed by atoms with Gasteiger partial charge in [-0.2, -0.15) is 0 Å². The fourth-order valence-corrected chi connectivity index (χ4v) is 9.32. The molecule has 43 heavy (non-hydrogen) atoms. The van der Waals surface area contributed by atoms with E-state index >= 15 is 0 Å². The molecule has 0 spiro atoms. The molecular weight excluding hydrogens is 663 g/mol. The Hall–Kier alpha value is -2.56. The van der Waals surface area contributed by atoms with E-state index in [1.54, 1.807) is 24.3 Å². The maximum atomic E-state index is 14.1. The number of phenolic OH excluding ortho intramolecular Hbond substituents is 1. The second kappa shape index (κ2) is 11.1. The minimum atomic E-state index is -1.87. The number of likely N-dealkylation sites (tertiary alicyclic amines) is 2. The van der Waals surface area contributed by atoms with E-state index < -0.39 is 45.2 Å². The van der Waals surface area contributed by atoms with Gasteiger partial charge >= 0.3 is 0 Å². The van der Waals surface area contributed by atoms with Gasteiger partial charge in [0, 0.05) is 12.0 Å². The highest BCUT2D eigenvalue weighted by atomic mass is 79.9. The average Bonchev–Trinajstić information content (AvgIpc) is 3.35. The Morgan fingerprint density at radius 1 is 1.00 bits per heavy atom. The summed E-state index contributed by atoms with van der Waals surface area (Å²) in [4.78, 5) is 54.1. The van der Waals surface area contributed by atoms with Crippen molar-refractivity contribution in [2.45, 2.75) is 60.7 Å². The number of carbonyl (C=O) groups excluding carboxylic acids is 4. The lowest BCUT2D eigenvalue weighted by molar-refractivity contribution is -0.144. The molecule has 0 radical (unpaired) electrons. The lowest BCUT2D eigenvalue weighted by atomic mass is 9.57. The molecular formula is C31H33BrCl2N2O7. The molecule has 1 aromatic carbocycles. The van der Waals surface area contributed by atoms with Gasteiger partial charge in [0.15, 0.2) is 21.2 Å². The first kappa shape index (κ1) is 30.5. The molecule has 2 saturated carbocycles. The van der Waals surface area contributed by atoms with E-state index in [9.17, 15) is 24.3 Å². The van der Waals surface area contributed by atoms with Gasteiger partial charge in [0.2, 0.25) is 17.6 Å². The SMILES string of the molecule is COc1cc(C=C[C@H]2C3=CC[C@@H]4C(=O)N(C5CCCCC5)C(=O)[C@@H]4[C@@H]3C[C@@]3(Cl)C(=O)N(CBr)C(=O)[C@@]23Cl)cc(OC)c1O. The lowest BCUT2D eigenvalue weighted by Crippen LogP contribution is -2.60. The molecule has 4 amide bonds. The zero-order valence-corrected chi connectivity index (χ0v) is 27.0. The standard InChI is InChI=1S/C31H33BrCl2N2O7/c1-42-22-12-16(13-23(43-2)25(22)37)8-11-21-18-9-10-19-24(27(39)36(26(19)38)17-6-4-3-5-7-17)20(18)14-30(33)28(40)35(15-32)29(41)31(21,30)34/h8-9,11-13,17,19-21,24,37H,3-7,10,14-15H2,1-2H3/t19-,20+,21-,24-,30+,31-/m0/s1. The number of halogens is 3. The van der Waals surface area contributed by atoms with Gasteiger partial charge in [0.25, 0.3) is 11.8 Å². The summed E-state index contributed by atoms with van der Waals surface area (Å²) in [7, 11) is 2.83. The number of nitrogens with zero attached hydrogens (tertiary/aromatic N) is 2. The number of hydrogen-bond donors (Lipinski definition) is 1. The van der Waals surface area contributed by atoms with Crippen molar-refractivity contribution in [3.63, 3.8) is 0 Å². The van der Waals surface area contributed by atoms with Crippen molar-refractivity contribution >= 4 is 68.8 Å². The molecule has 3 aliphatic carbocycles. The van der Waals surface area contributed by atoms with E-state index in [0.717, 1.165) is 42.6 Å². The number of imide groups is 2. The zero-order chi connectivity index (χ0) is 30.8. The predicted molar refractivity (Wildman–Crippen MR) is 163 cm³/mol. The molecule has 1 aromatic rings. The van der Waals surface area contributed by atoms with Gasteiger partial charge in [0.05, 0.1) is 31.5 Å². The van der Waals surface area contributed by atoms with Crippen LogP contribution in [0.5, 0.6) is 17.2 Å². The van der Waals surface area contributed by atoms with Crippen LogP contribution in [0.3, 0.4) is 0 Å². The number of amides is 4. The molecule has 5 aliphatic rings. The Morgan fingerprint density at radius 3 is 2.26 bits per heavy atom. The minimum absolute atomic E-state index is 0.0398. The van der Waals surface area contributed by atoms with E-state index in [-0.39, 0.29) is 47.0 Å². The van der Waals surface area contributed by atoms with Crippen LogP contribution in [-0.2, 0) is 19.2 Å². The number of ether oxygens (including phenoxy) is 2. The van der Waals surface area contributed by atoms with Crippen LogP contribution in [0.15, 0.2) is 29.9 Å². The highest BCUT2D eigenvalue weighted by molar-refractivity contribution is 9.09. The molecule has 0 unspecified atom stereocenters. The van der Waals surface area contributed by atoms with Crippen molar-refractivity contribution < 1.29 is 33.8 Å². The third-order valence-electron chi connectivity index (χ3n) is 10.0. The quantitative estimate of drug-likeness (QED) is 0.193. The average molecular weight is 696 g/mol. The van der Waals surface area contributed by atoms with Crippen LogP contribution in [0.4, 0.5) is 0 Å². The van der Waals surface area contributed by atoms with Crippen LogP contribution in [0, 0.1) is 23.7 Å². The largest absolute Gasteiger partial charge is 0.502 e. The summed E-state index contributed by atoms with van der Waals surface area (Å²) in [6.07, 6.45) is 10.3. The molecule has 0 bridgehead atoms. The Kier molecular flexibility index (Phi) is 7.87. The van der Waals surface area contributed by atoms with Gasteiger partial charge < -0.3 is 14.6 Å². The van der Waals surface area contributed by atoms with Gasteiger partial charge in [-0.15, -0.1) is 23.2 Å². The van der Waals surface area contributed by atoms with Gasteiger partial charge in [-0.05, 0) is 49.3 Å². The molecule has 230 valence electrons. The number of carbonyl (C=O) groups is 4. The minimum Gasteiger partial charge on any atom is -0.502 e. The molecule has 9 nitrogen and oxygen atoms in total. The topological polar surface area (TPSA) is 113 Å². The Morgan fingerprint density at radius 2 is 1.65 bits per heavy atom. The fourth-order valence-electron chi connectivity index (χ4n) is 7.94. The highest BCUT2D eigenvalue weighted by Crippen LogP contribution is 2.63. The van der Waals surface area contributed by atoms with Crippen molar-refractivity contribution in [1.82, 2.24) is 9.80 Å². The van der Waals surface area contributed by atoms with Gasteiger partial charge in [-0.25, -0.2) is 0 Å². The normalized spacial score (nSPS) is 34.4. The molecule has 6 atom stereocenters. The fraction of sp³-hybridized carbons (Fsp3) is 0.548. The lowest BCUT2D eigenvalue weighted by Gasteiger charge is -2.49. The monoisotopic (exact) mass is 694 g/mol. The number of methoxy groups -OCH3 is 2. The van der Waals surface area contributed by atoms with E-state index in [1.807, 2.05) is 6.08 Å². The summed E-state index contributed by atoms with van der Waals surface area (Å²) >= 11 is 17.7. The Bertz CT molecular complexity index is 1430. The smallest absolute Gasteiger partial charge is 0.254 e. The van der Waals surface area contributed by atoms with Crippen LogP contribution < -0.4 is 9.47 Å². The van der Waals surface area contributed by atoms with Crippen molar-refractivity contribution in [1.29, 1.82) is 0 Å². The van der Waals surface area contributed by atoms with Crippen molar-refractivity contribution in [2.24, 2.45) is 23.7 Å². The van der Waals surface area contributed by atoms with E-state index in [2.05, 4.69) is 15.9 Å². The summed E-state index contributed by atoms with van der Waals surface area (Å²) in [5, 5.41) is 10.4. The summed E-state index contributed by atoms with van der Waals surface area (Å²) in [6.45, 7) is 0. The van der Waals surface area contributed by atoms with Gasteiger partial charge in [-0.3, -0.25) is 29.0 Å². The molecule has 2 heterocycles. The maximum absolute atomic E-state index is 14.1. The Labute approximate surface area is 268 Å². The van der Waals surface area contributed by atoms with E-state index in [1.165, 1.54) is 19.1 Å². The second-order valence-electron chi connectivity index (χ2n) is 12.0. The van der Waals surface area contributed by atoms with Crippen LogP contribution in [0.25, 0.3) is 6.08 Å². The number of hydrogen-bond acceptors (Lipinski definition) is 7. The zero-order valence-electron chi connectivity index (χ0n) is 23.9. The van der Waals surface area contributed by atoms with Gasteiger partial charge in [-0.1, -0.05) is 59.0 Å². The first-order valence-electron chi connectivity index (χ1n) is 14.5. The van der Waals surface area contributed by atoms with Crippen LogP contribution in [-0.4, -0.2) is 74.0 Å². The molecule has 1 N–H and O–H groups in total. The number of allylic oxidation sites excluding steroid dienone is 3. The summed E-state index contributed by atoms with van der Waals surface area (Å²) in [6, 6.07) is 3.09. The number of rotatable bonds is 6. The van der Waals surface area contributed by atoms with Crippen molar-refractivity contribution in [3.05, 3.63) is 35.4 Å². The van der Waals surface area contributed by atoms with E-state index in [0.29, 0.717) is 12.0 Å². The highest BCUT2D eigenvalue weighted by Gasteiger charge is 2.75. The number of alkyl halides is 3. The predicted octanol–water partition coefficient (Wildman–Crippen LogP) is 5.00. The molecule has 2 aliphatic heterocycles. The van der Waals surface area contributed by atoms with Crippen LogP contribution in [0.2, 0.25) is 0 Å². The molecule has 0 aromatic heterocycles. The van der Waals surface area contributed by atoms with Crippen molar-refractivity contribution in [2.75, 3.05) is 19.7 Å². The summed E-state index contributed by atoms with van der Waals surface area (Å²) in [5.41, 5.74) is 1.22. The number of aromatic hydroxyl groups is 1. The first-order valence-corrected chi connectivity index (χ1v) is 16.4. The molecule has 12 heteroatoms. The second-order valence-corrected chi connectivity index (χ2v) is 13.7. The summed E-state index contributed by atoms with van der Waals surface area (Å²) in [5.74, 6) is -4.07. The third kappa shape index (κ3) is 4.30. The third-order valence-corrected chi connectivity index (χ3v) is 12.0. The number of benzene rings is 1. The van der Waals surface area contributed by atoms with E-state index in [4.69, 9.17) is 32.7 Å². The number of phenols is 1.